The number of imidazole rings is 1. The molecule has 0 unspecified atom stereocenters. The number of methoxy groups -OCH3 is 1. The van der Waals surface area contributed by atoms with Crippen LogP contribution in [0.15, 0.2) is 30.3 Å². The summed E-state index contributed by atoms with van der Waals surface area (Å²) >= 11 is 5.87. The molecule has 2 aliphatic rings. The zero-order valence-electron chi connectivity index (χ0n) is 23.1. The number of ether oxygens (including phenoxy) is 1. The number of H-pyrrole nitrogens is 1. The molecule has 5 rings (SSSR count). The van der Waals surface area contributed by atoms with Crippen molar-refractivity contribution in [1.29, 1.82) is 5.26 Å². The third-order valence-corrected chi connectivity index (χ3v) is 7.83. The summed E-state index contributed by atoms with van der Waals surface area (Å²) in [7, 11) is 1.23. The van der Waals surface area contributed by atoms with Gasteiger partial charge in [0.15, 0.2) is 5.69 Å². The molecular weight excluding hydrogens is 584 g/mol. The van der Waals surface area contributed by atoms with Crippen molar-refractivity contribution in [2.24, 2.45) is 0 Å². The van der Waals surface area contributed by atoms with Crippen LogP contribution in [0.3, 0.4) is 0 Å². The molecule has 2 atom stereocenters. The number of amides is 4. The van der Waals surface area contributed by atoms with Gasteiger partial charge in [-0.05, 0) is 49.6 Å². The van der Waals surface area contributed by atoms with E-state index in [1.807, 2.05) is 0 Å². The number of urea groups is 1. The van der Waals surface area contributed by atoms with Crippen molar-refractivity contribution in [3.05, 3.63) is 64.1 Å². The van der Waals surface area contributed by atoms with Gasteiger partial charge >= 0.3 is 12.1 Å². The Labute approximate surface area is 250 Å². The molecule has 2 aliphatic heterocycles. The van der Waals surface area contributed by atoms with Crippen molar-refractivity contribution < 1.29 is 27.9 Å². The van der Waals surface area contributed by atoms with Gasteiger partial charge in [0.25, 0.3) is 0 Å². The summed E-state index contributed by atoms with van der Waals surface area (Å²) in [5.74, 6) is -1.60. The molecule has 11 nitrogen and oxygen atoms in total. The maximum Gasteiger partial charge on any atom is 0.411 e. The van der Waals surface area contributed by atoms with Crippen LogP contribution in [0.25, 0.3) is 11.3 Å². The number of aromatic nitrogens is 2. The zero-order valence-corrected chi connectivity index (χ0v) is 23.9. The van der Waals surface area contributed by atoms with Crippen LogP contribution in [0.4, 0.5) is 29.7 Å². The largest absolute Gasteiger partial charge is 0.453 e. The molecule has 0 saturated carbocycles. The number of hydrogen-bond donors (Lipinski definition) is 4. The fourth-order valence-corrected chi connectivity index (χ4v) is 5.61. The Morgan fingerprint density at radius 2 is 2.00 bits per heavy atom. The highest BCUT2D eigenvalue weighted by molar-refractivity contribution is 6.30. The lowest BCUT2D eigenvalue weighted by molar-refractivity contribution is -0.116. The average molecular weight is 612 g/mol. The molecule has 2 aromatic carbocycles. The summed E-state index contributed by atoms with van der Waals surface area (Å²) in [6, 6.07) is 6.97. The monoisotopic (exact) mass is 611 g/mol. The van der Waals surface area contributed by atoms with E-state index in [1.54, 1.807) is 18.2 Å². The number of nitriles is 1. The molecule has 0 radical (unpaired) electrons. The molecule has 3 aromatic rings. The van der Waals surface area contributed by atoms with Crippen LogP contribution in [-0.4, -0.2) is 46.6 Å². The van der Waals surface area contributed by atoms with Crippen LogP contribution in [0.1, 0.15) is 67.7 Å². The Kier molecular flexibility index (Phi) is 8.77. The van der Waals surface area contributed by atoms with Gasteiger partial charge in [-0.3, -0.25) is 10.1 Å². The highest BCUT2D eigenvalue weighted by Crippen LogP contribution is 2.37. The van der Waals surface area contributed by atoms with Crippen LogP contribution >= 0.6 is 11.6 Å². The predicted molar refractivity (Wildman–Crippen MR) is 153 cm³/mol. The molecule has 2 bridgehead atoms. The number of carbonyl (C=O) groups excluding carboxylic acids is 3. The van der Waals surface area contributed by atoms with Crippen LogP contribution in [0, 0.1) is 23.0 Å². The second-order valence-electron chi connectivity index (χ2n) is 10.2. The summed E-state index contributed by atoms with van der Waals surface area (Å²) in [4.78, 5) is 47.2. The first-order valence-electron chi connectivity index (χ1n) is 13.7. The van der Waals surface area contributed by atoms with E-state index in [-0.39, 0.29) is 41.6 Å². The van der Waals surface area contributed by atoms with Crippen molar-refractivity contribution in [2.75, 3.05) is 24.3 Å². The van der Waals surface area contributed by atoms with Crippen LogP contribution < -0.4 is 16.0 Å². The molecule has 4 N–H and O–H groups in total. The van der Waals surface area contributed by atoms with Crippen LogP contribution in [0.2, 0.25) is 5.02 Å². The Bertz CT molecular complexity index is 1620. The normalized spacial score (nSPS) is 19.0. The highest BCUT2D eigenvalue weighted by atomic mass is 35.5. The second kappa shape index (κ2) is 12.7. The summed E-state index contributed by atoms with van der Waals surface area (Å²) < 4.78 is 33.9. The molecular formula is C29H28ClF2N7O4. The number of carbonyl (C=O) groups is 3. The number of halogens is 3. The summed E-state index contributed by atoms with van der Waals surface area (Å²) in [5.41, 5.74) is 1.22. The second-order valence-corrected chi connectivity index (χ2v) is 10.6. The van der Waals surface area contributed by atoms with Crippen LogP contribution in [-0.2, 0) is 9.53 Å². The topological polar surface area (TPSA) is 152 Å². The number of hydrogen-bond acceptors (Lipinski definition) is 6. The van der Waals surface area contributed by atoms with Crippen molar-refractivity contribution >= 4 is 41.0 Å². The Morgan fingerprint density at radius 1 is 1.19 bits per heavy atom. The smallest absolute Gasteiger partial charge is 0.411 e. The number of fused-ring (bicyclic) bond motifs is 4. The van der Waals surface area contributed by atoms with Crippen molar-refractivity contribution in [3.8, 4) is 17.3 Å². The van der Waals surface area contributed by atoms with E-state index in [0.717, 1.165) is 12.1 Å². The lowest BCUT2D eigenvalue weighted by Crippen LogP contribution is -2.50. The molecule has 43 heavy (non-hydrogen) atoms. The molecule has 0 spiro atoms. The maximum absolute atomic E-state index is 14.7. The van der Waals surface area contributed by atoms with Gasteiger partial charge in [0, 0.05) is 29.8 Å². The fourth-order valence-electron chi connectivity index (χ4n) is 5.44. The Hall–Kier alpha value is -4.70. The number of rotatable bonds is 3. The molecule has 1 saturated heterocycles. The fraction of sp³-hybridized carbons (Fsp3) is 0.345. The van der Waals surface area contributed by atoms with E-state index >= 15 is 0 Å². The third kappa shape index (κ3) is 6.24. The van der Waals surface area contributed by atoms with E-state index in [4.69, 9.17) is 11.6 Å². The molecule has 3 heterocycles. The minimum Gasteiger partial charge on any atom is -0.453 e. The van der Waals surface area contributed by atoms with Gasteiger partial charge in [-0.1, -0.05) is 24.4 Å². The third-order valence-electron chi connectivity index (χ3n) is 7.54. The van der Waals surface area contributed by atoms with E-state index < -0.39 is 35.8 Å². The van der Waals surface area contributed by atoms with Gasteiger partial charge in [-0.2, -0.15) is 5.26 Å². The lowest BCUT2D eigenvalue weighted by atomic mass is 9.98. The molecule has 0 aliphatic carbocycles. The number of nitrogens with one attached hydrogen (secondary N) is 4. The van der Waals surface area contributed by atoms with Crippen molar-refractivity contribution in [2.45, 2.75) is 50.6 Å². The average Bonchev–Trinajstić information content (AvgIpc) is 3.41. The number of benzene rings is 2. The minimum atomic E-state index is -0.921. The van der Waals surface area contributed by atoms with Crippen molar-refractivity contribution in [1.82, 2.24) is 20.2 Å². The molecule has 14 heteroatoms. The van der Waals surface area contributed by atoms with Crippen LogP contribution in [0.5, 0.6) is 0 Å². The van der Waals surface area contributed by atoms with E-state index in [2.05, 4.69) is 36.7 Å². The first-order chi connectivity index (χ1) is 20.7. The molecule has 4 amide bonds. The van der Waals surface area contributed by atoms with Gasteiger partial charge in [0.1, 0.15) is 23.5 Å². The summed E-state index contributed by atoms with van der Waals surface area (Å²) in [5, 5.41) is 17.9. The summed E-state index contributed by atoms with van der Waals surface area (Å²) in [6.07, 6.45) is 2.11. The zero-order chi connectivity index (χ0) is 30.7. The Morgan fingerprint density at radius 3 is 2.74 bits per heavy atom. The summed E-state index contributed by atoms with van der Waals surface area (Å²) in [6.45, 7) is 0.156. The quantitative estimate of drug-likeness (QED) is 0.260. The van der Waals surface area contributed by atoms with E-state index in [1.165, 1.54) is 12.0 Å². The first kappa shape index (κ1) is 29.8. The lowest BCUT2D eigenvalue weighted by Gasteiger charge is -2.37. The van der Waals surface area contributed by atoms with E-state index in [0.29, 0.717) is 54.1 Å². The maximum atomic E-state index is 14.7. The Balaban J connectivity index is 1.50. The van der Waals surface area contributed by atoms with Gasteiger partial charge in [-0.15, -0.1) is 0 Å². The number of nitrogens with zero attached hydrogens (tertiary/aromatic N) is 3. The SMILES string of the molecule is COC(=O)Nc1ccc2c(c1)NC(=O)CCCCC[C@H](N1CC[C@H](c3c(F)ccc(Cl)c3F)NC1=O)c1nc(C#N)c-2[nH]1. The minimum absolute atomic E-state index is 0.0413. The number of anilines is 2. The first-order valence-corrected chi connectivity index (χ1v) is 14.1. The predicted octanol–water partition coefficient (Wildman–Crippen LogP) is 6.16. The van der Waals surface area contributed by atoms with Gasteiger partial charge < -0.3 is 25.3 Å². The molecule has 1 fully saturated rings. The number of aromatic amines is 1. The molecule has 224 valence electrons. The molecule has 1 aromatic heterocycles. The van der Waals surface area contributed by atoms with E-state index in [9.17, 15) is 28.4 Å². The standard InChI is InChI=1S/C29H28ClF2N7O4/c1-43-29(42)34-15-7-8-16-20(13-15)35-23(40)6-4-2-3-5-22(27-36-21(14-33)26(16)38-27)39-12-11-19(37-28(39)41)24-18(31)10-9-17(30)25(24)32/h7-10,13,19,22H,2-6,11-12H2,1H3,(H,34,42)(H,35,40)(H,36,38)(H,37,41)/t19-,22+/m1/s1. The van der Waals surface area contributed by atoms with Crippen molar-refractivity contribution in [3.63, 3.8) is 0 Å². The van der Waals surface area contributed by atoms with Gasteiger partial charge in [0.05, 0.1) is 35.6 Å². The highest BCUT2D eigenvalue weighted by Gasteiger charge is 2.36. The van der Waals surface area contributed by atoms with Gasteiger partial charge in [-0.25, -0.2) is 23.4 Å². The van der Waals surface area contributed by atoms with Gasteiger partial charge in [0.2, 0.25) is 5.91 Å².